The van der Waals surface area contributed by atoms with Crippen LogP contribution in [0.15, 0.2) is 30.3 Å². The van der Waals surface area contributed by atoms with Crippen LogP contribution in [0.25, 0.3) is 0 Å². The molecule has 1 fully saturated rings. The van der Waals surface area contributed by atoms with Crippen molar-refractivity contribution in [1.82, 2.24) is 4.90 Å². The Morgan fingerprint density at radius 2 is 1.78 bits per heavy atom. The van der Waals surface area contributed by atoms with Crippen molar-refractivity contribution in [3.63, 3.8) is 0 Å². The van der Waals surface area contributed by atoms with Crippen molar-refractivity contribution in [2.75, 3.05) is 19.6 Å². The van der Waals surface area contributed by atoms with E-state index in [2.05, 4.69) is 17.0 Å². The number of hydrogen-bond acceptors (Lipinski definition) is 3. The molecule has 0 bridgehead atoms. The van der Waals surface area contributed by atoms with Gasteiger partial charge in [-0.2, -0.15) is 8.42 Å². The first kappa shape index (κ1) is 13.5. The summed E-state index contributed by atoms with van der Waals surface area (Å²) in [5, 5.41) is -0.787. The highest BCUT2D eigenvalue weighted by Crippen LogP contribution is 2.19. The summed E-state index contributed by atoms with van der Waals surface area (Å²) in [5.74, 6) is 0. The number of hydrogen-bond donors (Lipinski definition) is 0. The van der Waals surface area contributed by atoms with E-state index < -0.39 is 15.5 Å². The molecular weight excluding hydrogens is 253 g/mol. The van der Waals surface area contributed by atoms with Gasteiger partial charge in [0, 0.05) is 6.54 Å². The molecule has 0 spiro atoms. The predicted octanol–water partition coefficient (Wildman–Crippen LogP) is 1.99. The van der Waals surface area contributed by atoms with Crippen molar-refractivity contribution in [2.45, 2.75) is 24.5 Å². The third kappa shape index (κ3) is 3.78. The molecule has 0 saturated carbocycles. The molecular formula is C13H18FNO2S. The van der Waals surface area contributed by atoms with Gasteiger partial charge in [0.15, 0.2) is 0 Å². The molecule has 0 aromatic heterocycles. The lowest BCUT2D eigenvalue weighted by Crippen LogP contribution is -2.39. The lowest BCUT2D eigenvalue weighted by molar-refractivity contribution is 0.231. The van der Waals surface area contributed by atoms with Crippen LogP contribution in [0, 0.1) is 0 Å². The average Bonchev–Trinajstić information content (AvgIpc) is 2.37. The van der Waals surface area contributed by atoms with Crippen molar-refractivity contribution in [2.24, 2.45) is 0 Å². The molecule has 0 amide bonds. The van der Waals surface area contributed by atoms with Crippen LogP contribution in [-0.2, 0) is 16.6 Å². The molecule has 1 aliphatic rings. The quantitative estimate of drug-likeness (QED) is 0.786. The van der Waals surface area contributed by atoms with E-state index in [4.69, 9.17) is 0 Å². The highest BCUT2D eigenvalue weighted by atomic mass is 32.3. The maximum Gasteiger partial charge on any atom is 0.305 e. The zero-order valence-corrected chi connectivity index (χ0v) is 11.1. The van der Waals surface area contributed by atoms with E-state index in [0.29, 0.717) is 25.9 Å². The van der Waals surface area contributed by atoms with Crippen LogP contribution in [0.2, 0.25) is 0 Å². The monoisotopic (exact) mass is 271 g/mol. The molecule has 0 atom stereocenters. The van der Waals surface area contributed by atoms with Gasteiger partial charge in [0.1, 0.15) is 0 Å². The topological polar surface area (TPSA) is 37.4 Å². The van der Waals surface area contributed by atoms with Gasteiger partial charge in [-0.05, 0) is 37.9 Å². The summed E-state index contributed by atoms with van der Waals surface area (Å²) in [6, 6.07) is 10.2. The lowest BCUT2D eigenvalue weighted by Gasteiger charge is -2.29. The van der Waals surface area contributed by atoms with Gasteiger partial charge in [-0.3, -0.25) is 0 Å². The minimum atomic E-state index is -4.34. The van der Waals surface area contributed by atoms with E-state index >= 15 is 0 Å². The smallest absolute Gasteiger partial charge is 0.303 e. The van der Waals surface area contributed by atoms with Gasteiger partial charge in [0.25, 0.3) is 0 Å². The van der Waals surface area contributed by atoms with Crippen LogP contribution in [0.3, 0.4) is 0 Å². The molecule has 1 aliphatic heterocycles. The number of halogens is 1. The van der Waals surface area contributed by atoms with E-state index in [1.807, 2.05) is 18.2 Å². The van der Waals surface area contributed by atoms with Crippen LogP contribution in [-0.4, -0.2) is 38.2 Å². The molecule has 100 valence electrons. The first-order valence-corrected chi connectivity index (χ1v) is 7.70. The fourth-order valence-corrected chi connectivity index (χ4v) is 3.12. The van der Waals surface area contributed by atoms with Crippen molar-refractivity contribution < 1.29 is 12.3 Å². The number of rotatable bonds is 4. The van der Waals surface area contributed by atoms with Gasteiger partial charge < -0.3 is 4.90 Å². The zero-order valence-electron chi connectivity index (χ0n) is 10.3. The van der Waals surface area contributed by atoms with E-state index in [9.17, 15) is 12.3 Å². The van der Waals surface area contributed by atoms with Gasteiger partial charge in [-0.15, -0.1) is 3.89 Å². The summed E-state index contributed by atoms with van der Waals surface area (Å²) >= 11 is 0. The number of likely N-dealkylation sites (tertiary alicyclic amines) is 1. The third-order valence-corrected chi connectivity index (χ3v) is 4.76. The second-order valence-corrected chi connectivity index (χ2v) is 6.37. The molecule has 3 nitrogen and oxygen atoms in total. The summed E-state index contributed by atoms with van der Waals surface area (Å²) in [6.07, 6.45) is 1.77. The zero-order chi connectivity index (χ0) is 13.0. The fraction of sp³-hybridized carbons (Fsp3) is 0.538. The summed E-state index contributed by atoms with van der Waals surface area (Å²) in [6.45, 7) is 2.24. The van der Waals surface area contributed by atoms with E-state index in [-0.39, 0.29) is 0 Å². The van der Waals surface area contributed by atoms with Crippen molar-refractivity contribution in [3.05, 3.63) is 35.9 Å². The standard InChI is InChI=1S/C13H18FNO2S/c14-18(16,17)13-7-10-15(11-8-13)9-6-12-4-2-1-3-5-12/h1-5,13H,6-11H2. The Bertz CT molecular complexity index is 467. The fourth-order valence-electron chi connectivity index (χ4n) is 2.35. The largest absolute Gasteiger partial charge is 0.305 e. The SMILES string of the molecule is O=S(=O)(F)C1CCN(CCc2ccccc2)CC1. The van der Waals surface area contributed by atoms with E-state index in [1.165, 1.54) is 5.56 Å². The van der Waals surface area contributed by atoms with Gasteiger partial charge in [0.05, 0.1) is 5.25 Å². The molecule has 0 N–H and O–H groups in total. The first-order valence-electron chi connectivity index (χ1n) is 6.25. The Balaban J connectivity index is 1.78. The van der Waals surface area contributed by atoms with Crippen LogP contribution in [0.4, 0.5) is 3.89 Å². The Hall–Kier alpha value is -0.940. The van der Waals surface area contributed by atoms with Crippen LogP contribution in [0.1, 0.15) is 18.4 Å². The summed E-state index contributed by atoms with van der Waals surface area (Å²) < 4.78 is 34.4. The van der Waals surface area contributed by atoms with E-state index in [1.54, 1.807) is 0 Å². The molecule has 1 aromatic carbocycles. The Morgan fingerprint density at radius 3 is 2.33 bits per heavy atom. The molecule has 18 heavy (non-hydrogen) atoms. The maximum atomic E-state index is 12.8. The van der Waals surface area contributed by atoms with Gasteiger partial charge in [-0.1, -0.05) is 30.3 Å². The predicted molar refractivity (Wildman–Crippen MR) is 69.6 cm³/mol. The minimum Gasteiger partial charge on any atom is -0.303 e. The minimum absolute atomic E-state index is 0.410. The van der Waals surface area contributed by atoms with Gasteiger partial charge >= 0.3 is 10.2 Å². The molecule has 1 aromatic rings. The molecule has 0 unspecified atom stereocenters. The first-order chi connectivity index (χ1) is 8.55. The maximum absolute atomic E-state index is 12.8. The summed E-state index contributed by atoms with van der Waals surface area (Å²) in [5.41, 5.74) is 1.28. The Morgan fingerprint density at radius 1 is 1.17 bits per heavy atom. The molecule has 1 heterocycles. The Kier molecular flexibility index (Phi) is 4.35. The number of piperidine rings is 1. The number of nitrogens with zero attached hydrogens (tertiary/aromatic N) is 1. The second kappa shape index (κ2) is 5.80. The molecule has 2 rings (SSSR count). The average molecular weight is 271 g/mol. The van der Waals surface area contributed by atoms with E-state index in [0.717, 1.165) is 13.0 Å². The van der Waals surface area contributed by atoms with Crippen LogP contribution in [0.5, 0.6) is 0 Å². The van der Waals surface area contributed by atoms with Crippen LogP contribution < -0.4 is 0 Å². The molecule has 0 radical (unpaired) electrons. The second-order valence-electron chi connectivity index (χ2n) is 4.75. The van der Waals surface area contributed by atoms with Crippen molar-refractivity contribution in [1.29, 1.82) is 0 Å². The third-order valence-electron chi connectivity index (χ3n) is 3.49. The Labute approximate surface area is 108 Å². The summed E-state index contributed by atoms with van der Waals surface area (Å²) in [4.78, 5) is 2.20. The molecule has 5 heteroatoms. The highest BCUT2D eigenvalue weighted by Gasteiger charge is 2.29. The lowest BCUT2D eigenvalue weighted by atomic mass is 10.1. The van der Waals surface area contributed by atoms with Crippen LogP contribution >= 0.6 is 0 Å². The van der Waals surface area contributed by atoms with Gasteiger partial charge in [-0.25, -0.2) is 0 Å². The van der Waals surface area contributed by atoms with Crippen molar-refractivity contribution in [3.8, 4) is 0 Å². The summed E-state index contributed by atoms with van der Waals surface area (Å²) in [7, 11) is -4.34. The van der Waals surface area contributed by atoms with Crippen molar-refractivity contribution >= 4 is 10.2 Å². The molecule has 1 saturated heterocycles. The normalized spacial score (nSPS) is 18.9. The number of benzene rings is 1. The molecule has 0 aliphatic carbocycles. The van der Waals surface area contributed by atoms with Gasteiger partial charge in [0.2, 0.25) is 0 Å². The highest BCUT2D eigenvalue weighted by molar-refractivity contribution is 7.87.